The van der Waals surface area contributed by atoms with Crippen LogP contribution in [0.5, 0.6) is 11.6 Å². The standard InChI is InChI=1S/C21H22N4O2/c1-15(2)17-6-3-7-19(11-17)27-20-12-18(8-10-23-20)21(25-26)24-14-16-5-4-9-22-13-16/h3-13,15,26H,14H2,1-2H3,(H,24,25). The monoisotopic (exact) mass is 362 g/mol. The highest BCUT2D eigenvalue weighted by molar-refractivity contribution is 5.98. The maximum Gasteiger partial charge on any atom is 0.219 e. The van der Waals surface area contributed by atoms with Gasteiger partial charge in [0.05, 0.1) is 6.54 Å². The predicted molar refractivity (Wildman–Crippen MR) is 104 cm³/mol. The molecule has 0 aliphatic rings. The number of hydrogen-bond donors (Lipinski definition) is 2. The average Bonchev–Trinajstić information content (AvgIpc) is 2.70. The number of nitrogens with one attached hydrogen (secondary N) is 1. The van der Waals surface area contributed by atoms with Crippen molar-refractivity contribution >= 4 is 5.84 Å². The van der Waals surface area contributed by atoms with E-state index < -0.39 is 0 Å². The van der Waals surface area contributed by atoms with Crippen molar-refractivity contribution < 1.29 is 9.94 Å². The summed E-state index contributed by atoms with van der Waals surface area (Å²) in [6.07, 6.45) is 5.06. The molecule has 6 nitrogen and oxygen atoms in total. The van der Waals surface area contributed by atoms with Crippen molar-refractivity contribution in [3.8, 4) is 11.6 Å². The van der Waals surface area contributed by atoms with E-state index in [1.54, 1.807) is 30.7 Å². The zero-order valence-corrected chi connectivity index (χ0v) is 15.3. The minimum Gasteiger partial charge on any atom is -0.439 e. The van der Waals surface area contributed by atoms with Crippen molar-refractivity contribution in [3.63, 3.8) is 0 Å². The van der Waals surface area contributed by atoms with Crippen LogP contribution in [0.2, 0.25) is 0 Å². The molecule has 27 heavy (non-hydrogen) atoms. The van der Waals surface area contributed by atoms with E-state index in [2.05, 4.69) is 40.4 Å². The van der Waals surface area contributed by atoms with E-state index in [1.165, 1.54) is 5.56 Å². The molecule has 0 unspecified atom stereocenters. The Morgan fingerprint density at radius 2 is 2.04 bits per heavy atom. The number of ether oxygens (including phenoxy) is 1. The number of amidine groups is 1. The van der Waals surface area contributed by atoms with Gasteiger partial charge in [-0.15, -0.1) is 0 Å². The van der Waals surface area contributed by atoms with Gasteiger partial charge in [0.2, 0.25) is 5.88 Å². The summed E-state index contributed by atoms with van der Waals surface area (Å²) in [5.74, 6) is 1.90. The highest BCUT2D eigenvalue weighted by Crippen LogP contribution is 2.24. The molecule has 6 heteroatoms. The van der Waals surface area contributed by atoms with Crippen LogP contribution in [0.4, 0.5) is 0 Å². The lowest BCUT2D eigenvalue weighted by Gasteiger charge is -2.10. The summed E-state index contributed by atoms with van der Waals surface area (Å²) in [4.78, 5) is 12.7. The van der Waals surface area contributed by atoms with Crippen LogP contribution < -0.4 is 10.2 Å². The number of pyridine rings is 2. The van der Waals surface area contributed by atoms with Crippen LogP contribution in [0.15, 0.2) is 72.1 Å². The van der Waals surface area contributed by atoms with Crippen molar-refractivity contribution in [2.45, 2.75) is 26.3 Å². The maximum absolute atomic E-state index is 9.48. The smallest absolute Gasteiger partial charge is 0.219 e. The molecular weight excluding hydrogens is 340 g/mol. The number of aliphatic imine (C=N–C) groups is 1. The van der Waals surface area contributed by atoms with Crippen LogP contribution in [0.25, 0.3) is 0 Å². The van der Waals surface area contributed by atoms with E-state index in [1.807, 2.05) is 30.3 Å². The number of rotatable bonds is 6. The third kappa shape index (κ3) is 5.12. The van der Waals surface area contributed by atoms with Crippen molar-refractivity contribution in [1.82, 2.24) is 15.4 Å². The molecule has 0 bridgehead atoms. The second kappa shape index (κ2) is 8.91. The Balaban J connectivity index is 1.78. The fraction of sp³-hybridized carbons (Fsp3) is 0.190. The molecule has 0 spiro atoms. The molecule has 0 amide bonds. The number of hydrogen-bond acceptors (Lipinski definition) is 5. The van der Waals surface area contributed by atoms with Crippen LogP contribution in [0.3, 0.4) is 0 Å². The van der Waals surface area contributed by atoms with Gasteiger partial charge < -0.3 is 4.74 Å². The second-order valence-corrected chi connectivity index (χ2v) is 6.35. The minimum atomic E-state index is 0.335. The largest absolute Gasteiger partial charge is 0.439 e. The predicted octanol–water partition coefficient (Wildman–Crippen LogP) is 4.32. The molecule has 0 saturated carbocycles. The molecule has 0 aliphatic heterocycles. The van der Waals surface area contributed by atoms with Gasteiger partial charge >= 0.3 is 0 Å². The van der Waals surface area contributed by atoms with Crippen molar-refractivity contribution in [3.05, 3.63) is 83.8 Å². The molecule has 138 valence electrons. The van der Waals surface area contributed by atoms with Gasteiger partial charge in [-0.2, -0.15) is 0 Å². The van der Waals surface area contributed by atoms with E-state index >= 15 is 0 Å². The summed E-state index contributed by atoms with van der Waals surface area (Å²) >= 11 is 0. The Kier molecular flexibility index (Phi) is 6.12. The highest BCUT2D eigenvalue weighted by atomic mass is 16.5. The Bertz CT molecular complexity index is 911. The topological polar surface area (TPSA) is 79.6 Å². The molecule has 0 aliphatic carbocycles. The van der Waals surface area contributed by atoms with Crippen molar-refractivity contribution in [2.75, 3.05) is 0 Å². The fourth-order valence-electron chi connectivity index (χ4n) is 2.52. The summed E-state index contributed by atoms with van der Waals surface area (Å²) in [5, 5.41) is 9.48. The van der Waals surface area contributed by atoms with Crippen molar-refractivity contribution in [1.29, 1.82) is 0 Å². The normalized spacial score (nSPS) is 11.5. The highest BCUT2D eigenvalue weighted by Gasteiger charge is 2.07. The average molecular weight is 362 g/mol. The van der Waals surface area contributed by atoms with Crippen LogP contribution in [0.1, 0.15) is 36.5 Å². The maximum atomic E-state index is 9.48. The van der Waals surface area contributed by atoms with E-state index in [9.17, 15) is 5.21 Å². The number of aromatic nitrogens is 2. The second-order valence-electron chi connectivity index (χ2n) is 6.35. The first-order valence-corrected chi connectivity index (χ1v) is 8.73. The van der Waals surface area contributed by atoms with Crippen LogP contribution in [0, 0.1) is 0 Å². The Morgan fingerprint density at radius 1 is 1.15 bits per heavy atom. The third-order valence-corrected chi connectivity index (χ3v) is 4.00. The van der Waals surface area contributed by atoms with Gasteiger partial charge in [-0.1, -0.05) is 32.0 Å². The first-order valence-electron chi connectivity index (χ1n) is 8.73. The van der Waals surface area contributed by atoms with Crippen LogP contribution in [-0.4, -0.2) is 21.0 Å². The Hall–Kier alpha value is -3.25. The van der Waals surface area contributed by atoms with E-state index in [0.29, 0.717) is 29.7 Å². The van der Waals surface area contributed by atoms with E-state index in [4.69, 9.17) is 4.74 Å². The lowest BCUT2D eigenvalue weighted by atomic mass is 10.0. The zero-order valence-electron chi connectivity index (χ0n) is 15.3. The van der Waals surface area contributed by atoms with Gasteiger partial charge in [-0.05, 0) is 41.3 Å². The molecule has 0 fully saturated rings. The van der Waals surface area contributed by atoms with Crippen LogP contribution >= 0.6 is 0 Å². The van der Waals surface area contributed by atoms with Gasteiger partial charge in [-0.25, -0.2) is 4.98 Å². The fourth-order valence-corrected chi connectivity index (χ4v) is 2.52. The van der Waals surface area contributed by atoms with Gasteiger partial charge in [0.15, 0.2) is 5.84 Å². The van der Waals surface area contributed by atoms with Gasteiger partial charge in [-0.3, -0.25) is 20.7 Å². The SMILES string of the molecule is CC(C)c1cccc(Oc2cc(C(=NCc3cccnc3)NO)ccn2)c1. The summed E-state index contributed by atoms with van der Waals surface area (Å²) in [6.45, 7) is 4.66. The number of nitrogens with zero attached hydrogens (tertiary/aromatic N) is 3. The Morgan fingerprint density at radius 3 is 2.78 bits per heavy atom. The molecule has 1 aromatic carbocycles. The first kappa shape index (κ1) is 18.5. The van der Waals surface area contributed by atoms with E-state index in [0.717, 1.165) is 11.3 Å². The van der Waals surface area contributed by atoms with Crippen LogP contribution in [-0.2, 0) is 6.54 Å². The lowest BCUT2D eigenvalue weighted by molar-refractivity contribution is 0.234. The molecule has 0 saturated heterocycles. The number of benzene rings is 1. The molecule has 3 rings (SSSR count). The summed E-state index contributed by atoms with van der Waals surface area (Å²) in [6, 6.07) is 15.2. The summed E-state index contributed by atoms with van der Waals surface area (Å²) in [7, 11) is 0. The molecule has 2 aromatic heterocycles. The molecule has 0 atom stereocenters. The molecular formula is C21H22N4O2. The quantitative estimate of drug-likeness (QED) is 0.388. The van der Waals surface area contributed by atoms with Gasteiger partial charge in [0, 0.05) is 30.2 Å². The summed E-state index contributed by atoms with van der Waals surface area (Å²) in [5.41, 5.74) is 4.96. The molecule has 3 aromatic rings. The third-order valence-electron chi connectivity index (χ3n) is 4.00. The molecule has 0 radical (unpaired) electrons. The first-order chi connectivity index (χ1) is 13.2. The number of hydroxylamine groups is 1. The van der Waals surface area contributed by atoms with E-state index in [-0.39, 0.29) is 0 Å². The Labute approximate surface area is 158 Å². The van der Waals surface area contributed by atoms with Gasteiger partial charge in [0.25, 0.3) is 0 Å². The molecule has 2 N–H and O–H groups in total. The minimum absolute atomic E-state index is 0.335. The zero-order chi connectivity index (χ0) is 19.1. The lowest BCUT2D eigenvalue weighted by Crippen LogP contribution is -2.20. The summed E-state index contributed by atoms with van der Waals surface area (Å²) < 4.78 is 5.88. The van der Waals surface area contributed by atoms with Gasteiger partial charge in [0.1, 0.15) is 5.75 Å². The molecule has 2 heterocycles. The van der Waals surface area contributed by atoms with Crippen molar-refractivity contribution in [2.24, 2.45) is 4.99 Å².